The molecule has 1 aliphatic heterocycles. The molecule has 0 amide bonds. The monoisotopic (exact) mass is 171 g/mol. The maximum absolute atomic E-state index is 12.1. The van der Waals surface area contributed by atoms with Gasteiger partial charge in [0.05, 0.1) is 18.6 Å². The molecule has 1 rings (SSSR count). The predicted octanol–water partition coefficient (Wildman–Crippen LogP) is 2.05. The fraction of sp³-hybridized carbons (Fsp3) is 0.556. The minimum atomic E-state index is 0.659. The Morgan fingerprint density at radius 1 is 1.67 bits per heavy atom. The summed E-state index contributed by atoms with van der Waals surface area (Å²) in [5, 5.41) is 0. The number of hydrogen-bond donors (Lipinski definition) is 0. The van der Waals surface area contributed by atoms with Crippen LogP contribution in [0.3, 0.4) is 0 Å². The van der Waals surface area contributed by atoms with E-state index in [4.69, 9.17) is 4.74 Å². The first kappa shape index (κ1) is 9.10. The maximum atomic E-state index is 12.1. The molecule has 12 heavy (non-hydrogen) atoms. The van der Waals surface area contributed by atoms with E-state index in [0.29, 0.717) is 25.9 Å². The summed E-state index contributed by atoms with van der Waals surface area (Å²) in [5.74, 6) is 0. The number of rotatable bonds is 2. The van der Waals surface area contributed by atoms with Crippen LogP contribution in [-0.4, -0.2) is 25.1 Å². The van der Waals surface area contributed by atoms with Crippen LogP contribution >= 0.6 is 0 Å². The average Bonchev–Trinajstić information content (AvgIpc) is 2.43. The third-order valence-corrected chi connectivity index (χ3v) is 1.88. The fourth-order valence-electron chi connectivity index (χ4n) is 1.21. The maximum Gasteiger partial charge on any atom is 0.102 e. The van der Waals surface area contributed by atoms with Gasteiger partial charge in [0.2, 0.25) is 0 Å². The van der Waals surface area contributed by atoms with Gasteiger partial charge in [-0.1, -0.05) is 0 Å². The average molecular weight is 171 g/mol. The van der Waals surface area contributed by atoms with E-state index >= 15 is 0 Å². The van der Waals surface area contributed by atoms with Crippen LogP contribution in [0.4, 0.5) is 4.39 Å². The van der Waals surface area contributed by atoms with Crippen molar-refractivity contribution >= 4 is 0 Å². The Hall–Kier alpha value is -0.990. The summed E-state index contributed by atoms with van der Waals surface area (Å²) in [7, 11) is 1.93. The van der Waals surface area contributed by atoms with Gasteiger partial charge in [-0.05, 0) is 12.5 Å². The smallest absolute Gasteiger partial charge is 0.102 e. The zero-order chi connectivity index (χ0) is 8.97. The van der Waals surface area contributed by atoms with E-state index in [9.17, 15) is 4.39 Å². The highest BCUT2D eigenvalue weighted by atomic mass is 19.1. The number of likely N-dealkylation sites (N-methyl/N-ethyl adjacent to an activating group) is 1. The van der Waals surface area contributed by atoms with E-state index in [0.717, 1.165) is 11.3 Å². The summed E-state index contributed by atoms with van der Waals surface area (Å²) in [6, 6.07) is 0. The second-order valence-electron chi connectivity index (χ2n) is 2.86. The van der Waals surface area contributed by atoms with Gasteiger partial charge in [-0.2, -0.15) is 0 Å². The largest absolute Gasteiger partial charge is 0.500 e. The molecule has 1 aliphatic rings. The molecule has 1 heterocycles. The van der Waals surface area contributed by atoms with Gasteiger partial charge in [-0.3, -0.25) is 0 Å². The summed E-state index contributed by atoms with van der Waals surface area (Å²) in [5.41, 5.74) is 1.85. The number of allylic oxidation sites excluding steroid dienone is 1. The Bertz CT molecular complexity index is 211. The van der Waals surface area contributed by atoms with Crippen LogP contribution in [0.2, 0.25) is 0 Å². The Labute approximate surface area is 72.3 Å². The van der Waals surface area contributed by atoms with Crippen molar-refractivity contribution in [2.45, 2.75) is 13.3 Å². The molecule has 0 unspecified atom stereocenters. The molecule has 0 saturated carbocycles. The molecule has 1 saturated heterocycles. The van der Waals surface area contributed by atoms with Crippen LogP contribution in [0.1, 0.15) is 13.3 Å². The molecule has 0 aliphatic carbocycles. The molecular weight excluding hydrogens is 157 g/mol. The fourth-order valence-corrected chi connectivity index (χ4v) is 1.21. The lowest BCUT2D eigenvalue weighted by atomic mass is 10.2. The minimum Gasteiger partial charge on any atom is -0.500 e. The lowest BCUT2D eigenvalue weighted by molar-refractivity contribution is 0.257. The third-order valence-electron chi connectivity index (χ3n) is 1.88. The Kier molecular flexibility index (Phi) is 3.14. The number of likely N-dealkylation sites (tertiary alicyclic amines) is 1. The van der Waals surface area contributed by atoms with E-state index < -0.39 is 0 Å². The highest BCUT2D eigenvalue weighted by molar-refractivity contribution is 5.20. The molecule has 0 N–H and O–H groups in total. The van der Waals surface area contributed by atoms with Gasteiger partial charge in [0, 0.05) is 20.0 Å². The molecule has 68 valence electrons. The third kappa shape index (κ3) is 2.00. The molecule has 0 radical (unpaired) electrons. The van der Waals surface area contributed by atoms with Gasteiger partial charge in [0.15, 0.2) is 0 Å². The van der Waals surface area contributed by atoms with Crippen LogP contribution in [0.25, 0.3) is 0 Å². The number of ether oxygens (including phenoxy) is 1. The lowest BCUT2D eigenvalue weighted by Crippen LogP contribution is -2.10. The van der Waals surface area contributed by atoms with Crippen LogP contribution in [-0.2, 0) is 4.74 Å². The zero-order valence-electron chi connectivity index (χ0n) is 7.51. The summed E-state index contributed by atoms with van der Waals surface area (Å²) in [6.45, 7) is 3.26. The second kappa shape index (κ2) is 4.14. The summed E-state index contributed by atoms with van der Waals surface area (Å²) < 4.78 is 17.2. The topological polar surface area (TPSA) is 12.5 Å². The van der Waals surface area contributed by atoms with Crippen molar-refractivity contribution in [3.63, 3.8) is 0 Å². The first-order valence-corrected chi connectivity index (χ1v) is 4.07. The zero-order valence-corrected chi connectivity index (χ0v) is 7.51. The van der Waals surface area contributed by atoms with Gasteiger partial charge < -0.3 is 9.64 Å². The number of halogens is 1. The molecule has 0 aromatic carbocycles. The van der Waals surface area contributed by atoms with Gasteiger partial charge >= 0.3 is 0 Å². The van der Waals surface area contributed by atoms with Gasteiger partial charge in [-0.25, -0.2) is 4.39 Å². The number of hydrogen-bond acceptors (Lipinski definition) is 2. The van der Waals surface area contributed by atoms with Crippen molar-refractivity contribution in [3.05, 3.63) is 23.9 Å². The van der Waals surface area contributed by atoms with E-state index in [1.165, 1.54) is 0 Å². The van der Waals surface area contributed by atoms with E-state index in [2.05, 4.69) is 0 Å². The van der Waals surface area contributed by atoms with Crippen molar-refractivity contribution in [3.8, 4) is 0 Å². The molecular formula is C9H14FNO. The Morgan fingerprint density at radius 2 is 2.42 bits per heavy atom. The second-order valence-corrected chi connectivity index (χ2v) is 2.86. The molecule has 0 spiro atoms. The van der Waals surface area contributed by atoms with Crippen molar-refractivity contribution in [2.75, 3.05) is 20.2 Å². The van der Waals surface area contributed by atoms with E-state index in [-0.39, 0.29) is 0 Å². The first-order valence-electron chi connectivity index (χ1n) is 4.07. The normalized spacial score (nSPS) is 24.1. The van der Waals surface area contributed by atoms with Gasteiger partial charge in [-0.15, -0.1) is 0 Å². The van der Waals surface area contributed by atoms with Crippen LogP contribution in [0.15, 0.2) is 23.9 Å². The van der Waals surface area contributed by atoms with E-state index in [1.807, 2.05) is 18.9 Å². The molecule has 1 fully saturated rings. The first-order chi connectivity index (χ1) is 5.77. The molecule has 0 aromatic rings. The van der Waals surface area contributed by atoms with Crippen LogP contribution < -0.4 is 0 Å². The molecule has 0 atom stereocenters. The quantitative estimate of drug-likeness (QED) is 0.589. The molecule has 0 bridgehead atoms. The molecule has 2 nitrogen and oxygen atoms in total. The Balaban J connectivity index is 2.57. The standard InChI is InChI=1S/C9H14FNO/c1-3-12-7-9-4-8(5-10)6-11(9)2/h5,7H,3-4,6H2,1-2H3/b8-5+,9-7+. The van der Waals surface area contributed by atoms with Gasteiger partial charge in [0.1, 0.15) is 6.26 Å². The predicted molar refractivity (Wildman–Crippen MR) is 46.1 cm³/mol. The number of nitrogens with zero attached hydrogens (tertiary/aromatic N) is 1. The van der Waals surface area contributed by atoms with Crippen LogP contribution in [0.5, 0.6) is 0 Å². The highest BCUT2D eigenvalue weighted by Gasteiger charge is 2.17. The molecule has 0 aromatic heterocycles. The SMILES string of the molecule is CCO/C=C1\C/C(=C\F)CN1C. The Morgan fingerprint density at radius 3 is 2.92 bits per heavy atom. The summed E-state index contributed by atoms with van der Waals surface area (Å²) >= 11 is 0. The molecule has 3 heteroatoms. The van der Waals surface area contributed by atoms with Gasteiger partial charge in [0.25, 0.3) is 0 Å². The summed E-state index contributed by atoms with van der Waals surface area (Å²) in [4.78, 5) is 1.99. The lowest BCUT2D eigenvalue weighted by Gasteiger charge is -2.10. The van der Waals surface area contributed by atoms with Crippen LogP contribution in [0, 0.1) is 0 Å². The van der Waals surface area contributed by atoms with Crippen molar-refractivity contribution < 1.29 is 9.13 Å². The van der Waals surface area contributed by atoms with Crippen molar-refractivity contribution in [2.24, 2.45) is 0 Å². The highest BCUT2D eigenvalue weighted by Crippen LogP contribution is 2.23. The van der Waals surface area contributed by atoms with E-state index in [1.54, 1.807) is 6.26 Å². The minimum absolute atomic E-state index is 0.659. The van der Waals surface area contributed by atoms with Crippen molar-refractivity contribution in [1.29, 1.82) is 0 Å². The van der Waals surface area contributed by atoms with Crippen molar-refractivity contribution in [1.82, 2.24) is 4.90 Å². The summed E-state index contributed by atoms with van der Waals surface area (Å²) in [6.07, 6.45) is 3.06.